The first-order chi connectivity index (χ1) is 7.52. The Bertz CT molecular complexity index is 379. The van der Waals surface area contributed by atoms with Gasteiger partial charge >= 0.3 is 5.97 Å². The zero-order valence-corrected chi connectivity index (χ0v) is 9.46. The maximum atomic E-state index is 13.0. The van der Waals surface area contributed by atoms with E-state index in [1.54, 1.807) is 6.07 Å². The first-order valence-corrected chi connectivity index (χ1v) is 5.29. The number of halogens is 1. The standard InChI is InChI=1S/C12H16FNO2/c1-3-8(2)14-11-5-4-10(13)6-9(11)7-12(15)16/h4-6,8,14H,3,7H2,1-2H3,(H,15,16). The van der Waals surface area contributed by atoms with Crippen molar-refractivity contribution in [3.63, 3.8) is 0 Å². The van der Waals surface area contributed by atoms with Gasteiger partial charge in [0.05, 0.1) is 6.42 Å². The molecule has 0 aliphatic carbocycles. The zero-order chi connectivity index (χ0) is 12.1. The second-order valence-corrected chi connectivity index (χ2v) is 3.83. The van der Waals surface area contributed by atoms with Crippen molar-refractivity contribution in [3.05, 3.63) is 29.6 Å². The predicted molar refractivity (Wildman–Crippen MR) is 61.1 cm³/mol. The Morgan fingerprint density at radius 2 is 2.25 bits per heavy atom. The van der Waals surface area contributed by atoms with Crippen LogP contribution in [0.3, 0.4) is 0 Å². The van der Waals surface area contributed by atoms with Crippen molar-refractivity contribution >= 4 is 11.7 Å². The molecule has 0 amide bonds. The molecule has 0 radical (unpaired) electrons. The molecule has 4 heteroatoms. The summed E-state index contributed by atoms with van der Waals surface area (Å²) in [5, 5.41) is 11.9. The lowest BCUT2D eigenvalue weighted by Gasteiger charge is -2.16. The van der Waals surface area contributed by atoms with Crippen LogP contribution in [0.15, 0.2) is 18.2 Å². The highest BCUT2D eigenvalue weighted by Crippen LogP contribution is 2.19. The van der Waals surface area contributed by atoms with Crippen LogP contribution in [0.1, 0.15) is 25.8 Å². The molecule has 2 N–H and O–H groups in total. The molecule has 16 heavy (non-hydrogen) atoms. The van der Waals surface area contributed by atoms with Crippen LogP contribution in [0.4, 0.5) is 10.1 Å². The number of carboxylic acid groups (broad SMARTS) is 1. The van der Waals surface area contributed by atoms with Crippen molar-refractivity contribution in [1.82, 2.24) is 0 Å². The van der Waals surface area contributed by atoms with Crippen molar-refractivity contribution in [3.8, 4) is 0 Å². The highest BCUT2D eigenvalue weighted by atomic mass is 19.1. The van der Waals surface area contributed by atoms with Gasteiger partial charge in [-0.15, -0.1) is 0 Å². The third-order valence-electron chi connectivity index (χ3n) is 2.42. The molecule has 0 fully saturated rings. The van der Waals surface area contributed by atoms with Crippen LogP contribution in [-0.4, -0.2) is 17.1 Å². The summed E-state index contributed by atoms with van der Waals surface area (Å²) in [7, 11) is 0. The van der Waals surface area contributed by atoms with Crippen LogP contribution < -0.4 is 5.32 Å². The molecule has 1 aromatic carbocycles. The van der Waals surface area contributed by atoms with Crippen molar-refractivity contribution < 1.29 is 14.3 Å². The van der Waals surface area contributed by atoms with Crippen molar-refractivity contribution in [1.29, 1.82) is 0 Å². The quantitative estimate of drug-likeness (QED) is 0.810. The van der Waals surface area contributed by atoms with Crippen molar-refractivity contribution in [2.45, 2.75) is 32.7 Å². The topological polar surface area (TPSA) is 49.3 Å². The number of carbonyl (C=O) groups is 1. The first-order valence-electron chi connectivity index (χ1n) is 5.29. The smallest absolute Gasteiger partial charge is 0.307 e. The summed E-state index contributed by atoms with van der Waals surface area (Å²) in [6.07, 6.45) is 0.750. The Morgan fingerprint density at radius 3 is 2.81 bits per heavy atom. The number of anilines is 1. The molecule has 1 aromatic rings. The molecule has 1 rings (SSSR count). The van der Waals surface area contributed by atoms with Gasteiger partial charge in [-0.25, -0.2) is 4.39 Å². The summed E-state index contributed by atoms with van der Waals surface area (Å²) in [4.78, 5) is 10.6. The molecule has 0 heterocycles. The molecule has 0 aliphatic rings. The van der Waals surface area contributed by atoms with E-state index in [-0.39, 0.29) is 12.5 Å². The molecule has 0 saturated heterocycles. The highest BCUT2D eigenvalue weighted by Gasteiger charge is 2.09. The zero-order valence-electron chi connectivity index (χ0n) is 9.46. The van der Waals surface area contributed by atoms with Crippen molar-refractivity contribution in [2.75, 3.05) is 5.32 Å². The monoisotopic (exact) mass is 225 g/mol. The third-order valence-corrected chi connectivity index (χ3v) is 2.42. The van der Waals surface area contributed by atoms with E-state index in [1.807, 2.05) is 13.8 Å². The van der Waals surface area contributed by atoms with Gasteiger partial charge in [0, 0.05) is 11.7 Å². The van der Waals surface area contributed by atoms with E-state index in [4.69, 9.17) is 5.11 Å². The van der Waals surface area contributed by atoms with E-state index in [1.165, 1.54) is 12.1 Å². The van der Waals surface area contributed by atoms with Gasteiger partial charge in [-0.1, -0.05) is 6.92 Å². The molecule has 0 spiro atoms. The average Bonchev–Trinajstić information content (AvgIpc) is 2.21. The second-order valence-electron chi connectivity index (χ2n) is 3.83. The van der Waals surface area contributed by atoms with E-state index in [0.717, 1.165) is 6.42 Å². The van der Waals surface area contributed by atoms with Gasteiger partial charge in [-0.2, -0.15) is 0 Å². The van der Waals surface area contributed by atoms with E-state index < -0.39 is 11.8 Å². The number of rotatable bonds is 5. The van der Waals surface area contributed by atoms with E-state index >= 15 is 0 Å². The summed E-state index contributed by atoms with van der Waals surface area (Å²) in [6.45, 7) is 4.02. The molecule has 3 nitrogen and oxygen atoms in total. The number of hydrogen-bond acceptors (Lipinski definition) is 2. The van der Waals surface area contributed by atoms with Gasteiger partial charge in [0.15, 0.2) is 0 Å². The normalized spacial score (nSPS) is 12.2. The number of carboxylic acids is 1. The van der Waals surface area contributed by atoms with Gasteiger partial charge in [-0.05, 0) is 37.1 Å². The fourth-order valence-corrected chi connectivity index (χ4v) is 1.38. The Morgan fingerprint density at radius 1 is 1.56 bits per heavy atom. The van der Waals surface area contributed by atoms with Crippen LogP contribution in [0.2, 0.25) is 0 Å². The maximum absolute atomic E-state index is 13.0. The molecule has 0 bridgehead atoms. The van der Waals surface area contributed by atoms with Crippen LogP contribution in [0, 0.1) is 5.82 Å². The largest absolute Gasteiger partial charge is 0.481 e. The number of aliphatic carboxylic acids is 1. The van der Waals surface area contributed by atoms with Gasteiger partial charge in [-0.3, -0.25) is 4.79 Å². The SMILES string of the molecule is CCC(C)Nc1ccc(F)cc1CC(=O)O. The van der Waals surface area contributed by atoms with E-state index in [0.29, 0.717) is 11.3 Å². The van der Waals surface area contributed by atoms with Gasteiger partial charge in [0.2, 0.25) is 0 Å². The molecule has 0 saturated carbocycles. The Kier molecular flexibility index (Phi) is 4.28. The maximum Gasteiger partial charge on any atom is 0.307 e. The summed E-state index contributed by atoms with van der Waals surface area (Å²) in [5.74, 6) is -1.37. The fourth-order valence-electron chi connectivity index (χ4n) is 1.38. The summed E-state index contributed by atoms with van der Waals surface area (Å²) >= 11 is 0. The van der Waals surface area contributed by atoms with Crippen molar-refractivity contribution in [2.24, 2.45) is 0 Å². The summed E-state index contributed by atoms with van der Waals surface area (Å²) in [6, 6.07) is 4.41. The van der Waals surface area contributed by atoms with Gasteiger partial charge < -0.3 is 10.4 Å². The lowest BCUT2D eigenvalue weighted by Crippen LogP contribution is -2.15. The summed E-state index contributed by atoms with van der Waals surface area (Å²) in [5.41, 5.74) is 1.17. The van der Waals surface area contributed by atoms with Crippen LogP contribution >= 0.6 is 0 Å². The van der Waals surface area contributed by atoms with Gasteiger partial charge in [0.1, 0.15) is 5.82 Å². The molecular weight excluding hydrogens is 209 g/mol. The molecule has 1 unspecified atom stereocenters. The molecule has 1 atom stereocenters. The number of hydrogen-bond donors (Lipinski definition) is 2. The minimum atomic E-state index is -0.960. The Labute approximate surface area is 94.3 Å². The minimum Gasteiger partial charge on any atom is -0.481 e. The highest BCUT2D eigenvalue weighted by molar-refractivity contribution is 5.73. The number of benzene rings is 1. The fraction of sp³-hybridized carbons (Fsp3) is 0.417. The third kappa shape index (κ3) is 3.53. The summed E-state index contributed by atoms with van der Waals surface area (Å²) < 4.78 is 13.0. The minimum absolute atomic E-state index is 0.170. The molecule has 88 valence electrons. The lowest BCUT2D eigenvalue weighted by molar-refractivity contribution is -0.136. The second kappa shape index (κ2) is 5.49. The van der Waals surface area contributed by atoms with Crippen LogP contribution in [-0.2, 0) is 11.2 Å². The van der Waals surface area contributed by atoms with Crippen LogP contribution in [0.5, 0.6) is 0 Å². The number of nitrogens with one attached hydrogen (secondary N) is 1. The average molecular weight is 225 g/mol. The first kappa shape index (κ1) is 12.5. The van der Waals surface area contributed by atoms with Gasteiger partial charge in [0.25, 0.3) is 0 Å². The van der Waals surface area contributed by atoms with Crippen LogP contribution in [0.25, 0.3) is 0 Å². The lowest BCUT2D eigenvalue weighted by atomic mass is 10.1. The predicted octanol–water partition coefficient (Wildman–Crippen LogP) is 2.66. The Balaban J connectivity index is 2.93. The molecular formula is C12H16FNO2. The Hall–Kier alpha value is -1.58. The molecule has 0 aliphatic heterocycles. The van der Waals surface area contributed by atoms with E-state index in [9.17, 15) is 9.18 Å². The molecule has 0 aromatic heterocycles. The van der Waals surface area contributed by atoms with E-state index in [2.05, 4.69) is 5.32 Å².